The van der Waals surface area contributed by atoms with Gasteiger partial charge < -0.3 is 22.1 Å². The van der Waals surface area contributed by atoms with E-state index in [1.807, 2.05) is 62.5 Å². The van der Waals surface area contributed by atoms with E-state index in [1.54, 1.807) is 0 Å². The molecule has 0 aliphatic rings. The molecule has 162 valence electrons. The molecule has 0 spiro atoms. The molecule has 0 radical (unpaired) electrons. The Bertz CT molecular complexity index is 824. The van der Waals surface area contributed by atoms with Gasteiger partial charge in [-0.1, -0.05) is 61.6 Å². The lowest BCUT2D eigenvalue weighted by molar-refractivity contribution is 0.913. The smallest absolute Gasteiger partial charge is 0.0970 e. The third-order valence-corrected chi connectivity index (χ3v) is 4.36. The molecule has 0 fully saturated rings. The lowest BCUT2D eigenvalue weighted by Crippen LogP contribution is -2.20. The lowest BCUT2D eigenvalue weighted by Gasteiger charge is -2.15. The number of nitrogens with zero attached hydrogens (tertiary/aromatic N) is 1. The Morgan fingerprint density at radius 2 is 1.90 bits per heavy atom. The summed E-state index contributed by atoms with van der Waals surface area (Å²) in [7, 11) is 0. The number of hydrogen-bond donors (Lipinski definition) is 4. The fourth-order valence-corrected chi connectivity index (χ4v) is 2.65. The van der Waals surface area contributed by atoms with Crippen LogP contribution < -0.4 is 22.1 Å². The van der Waals surface area contributed by atoms with E-state index in [0.29, 0.717) is 18.8 Å². The number of aliphatic imine (C=N–C) groups is 1. The fourth-order valence-electron chi connectivity index (χ4n) is 2.65. The first kappa shape index (κ1) is 25.0. The zero-order valence-electron chi connectivity index (χ0n) is 18.8. The number of rotatable bonds is 11. The first-order valence-corrected chi connectivity index (χ1v) is 10.4. The summed E-state index contributed by atoms with van der Waals surface area (Å²) >= 11 is 0. The van der Waals surface area contributed by atoms with Crippen LogP contribution in [0.15, 0.2) is 83.2 Å². The highest BCUT2D eigenvalue weighted by molar-refractivity contribution is 5.80. The third kappa shape index (κ3) is 8.97. The number of allylic oxidation sites excluding steroid dienone is 2. The zero-order chi connectivity index (χ0) is 22.4. The van der Waals surface area contributed by atoms with Crippen molar-refractivity contribution in [3.63, 3.8) is 0 Å². The topological polar surface area (TPSA) is 88.5 Å². The molecule has 5 nitrogen and oxygen atoms in total. The highest BCUT2D eigenvalue weighted by atomic mass is 15.0. The third-order valence-electron chi connectivity index (χ3n) is 4.36. The van der Waals surface area contributed by atoms with Crippen LogP contribution in [-0.2, 0) is 0 Å². The minimum absolute atomic E-state index is 0.486. The zero-order valence-corrected chi connectivity index (χ0v) is 18.8. The molecule has 0 aliphatic heterocycles. The predicted octanol–water partition coefficient (Wildman–Crippen LogP) is 4.16. The van der Waals surface area contributed by atoms with Gasteiger partial charge in [-0.3, -0.25) is 4.99 Å². The van der Waals surface area contributed by atoms with Crippen LogP contribution >= 0.6 is 0 Å². The van der Waals surface area contributed by atoms with Crippen molar-refractivity contribution in [2.24, 2.45) is 16.5 Å². The average molecular weight is 408 g/mol. The molecule has 5 heteroatoms. The molecular formula is C25H37N5. The maximum Gasteiger partial charge on any atom is 0.0970 e. The number of nitrogens with two attached hydrogens (primary N) is 2. The van der Waals surface area contributed by atoms with E-state index in [1.165, 1.54) is 5.56 Å². The van der Waals surface area contributed by atoms with Gasteiger partial charge in [0.05, 0.1) is 17.2 Å². The Hall–Kier alpha value is -3.05. The molecule has 0 atom stereocenters. The van der Waals surface area contributed by atoms with Gasteiger partial charge in [0.1, 0.15) is 0 Å². The molecule has 0 aliphatic carbocycles. The molecule has 1 aromatic rings. The van der Waals surface area contributed by atoms with E-state index >= 15 is 0 Å². The lowest BCUT2D eigenvalue weighted by atomic mass is 10.0. The highest BCUT2D eigenvalue weighted by Crippen LogP contribution is 2.18. The van der Waals surface area contributed by atoms with Crippen LogP contribution in [0.5, 0.6) is 0 Å². The predicted molar refractivity (Wildman–Crippen MR) is 132 cm³/mol. The van der Waals surface area contributed by atoms with Gasteiger partial charge in [-0.05, 0) is 50.0 Å². The first-order chi connectivity index (χ1) is 14.4. The van der Waals surface area contributed by atoms with Gasteiger partial charge in [0.25, 0.3) is 0 Å². The van der Waals surface area contributed by atoms with E-state index in [9.17, 15) is 0 Å². The quantitative estimate of drug-likeness (QED) is 0.252. The summed E-state index contributed by atoms with van der Waals surface area (Å²) in [6.07, 6.45) is 10.8. The molecule has 0 amide bonds. The van der Waals surface area contributed by atoms with Crippen LogP contribution in [-0.4, -0.2) is 25.5 Å². The van der Waals surface area contributed by atoms with Gasteiger partial charge in [-0.15, -0.1) is 0 Å². The van der Waals surface area contributed by atoms with Gasteiger partial charge in [0, 0.05) is 25.8 Å². The summed E-state index contributed by atoms with van der Waals surface area (Å²) < 4.78 is 0. The summed E-state index contributed by atoms with van der Waals surface area (Å²) in [5, 5.41) is 6.58. The Kier molecular flexibility index (Phi) is 11.7. The fraction of sp³-hybridized carbons (Fsp3) is 0.320. The largest absolute Gasteiger partial charge is 0.397 e. The van der Waals surface area contributed by atoms with E-state index in [2.05, 4.69) is 42.1 Å². The van der Waals surface area contributed by atoms with Gasteiger partial charge >= 0.3 is 0 Å². The molecule has 0 bridgehead atoms. The number of benzene rings is 1. The van der Waals surface area contributed by atoms with Gasteiger partial charge in [-0.25, -0.2) is 0 Å². The molecule has 0 saturated heterocycles. The Balaban J connectivity index is 3.08. The maximum atomic E-state index is 6.51. The maximum absolute atomic E-state index is 6.51. The van der Waals surface area contributed by atoms with Gasteiger partial charge in [0.2, 0.25) is 0 Å². The van der Waals surface area contributed by atoms with Crippen LogP contribution in [0.4, 0.5) is 0 Å². The molecule has 1 rings (SSSR count). The average Bonchev–Trinajstić information content (AvgIpc) is 2.74. The van der Waals surface area contributed by atoms with E-state index in [0.717, 1.165) is 41.2 Å². The van der Waals surface area contributed by atoms with Crippen molar-refractivity contribution in [3.05, 3.63) is 89.3 Å². The summed E-state index contributed by atoms with van der Waals surface area (Å²) in [4.78, 5) is 4.42. The Morgan fingerprint density at radius 3 is 2.50 bits per heavy atom. The summed E-state index contributed by atoms with van der Waals surface area (Å²) in [6, 6.07) is 8.13. The second-order valence-corrected chi connectivity index (χ2v) is 6.99. The van der Waals surface area contributed by atoms with Crippen molar-refractivity contribution in [1.82, 2.24) is 10.6 Å². The number of amidine groups is 1. The van der Waals surface area contributed by atoms with Crippen molar-refractivity contribution in [3.8, 4) is 0 Å². The van der Waals surface area contributed by atoms with Crippen molar-refractivity contribution in [1.29, 1.82) is 0 Å². The second-order valence-electron chi connectivity index (χ2n) is 6.99. The number of hydrogen-bond acceptors (Lipinski definition) is 4. The Morgan fingerprint density at radius 1 is 1.20 bits per heavy atom. The van der Waals surface area contributed by atoms with Gasteiger partial charge in [0.15, 0.2) is 0 Å². The second kappa shape index (κ2) is 14.0. The molecule has 30 heavy (non-hydrogen) atoms. The monoisotopic (exact) mass is 407 g/mol. The van der Waals surface area contributed by atoms with E-state index < -0.39 is 0 Å². The Labute approximate surface area is 182 Å². The normalized spacial score (nSPS) is 13.6. The number of aryl methyl sites for hydroxylation is 1. The molecule has 6 N–H and O–H groups in total. The van der Waals surface area contributed by atoms with Crippen LogP contribution in [0.25, 0.3) is 5.70 Å². The van der Waals surface area contributed by atoms with Crippen molar-refractivity contribution in [2.45, 2.75) is 34.1 Å². The highest BCUT2D eigenvalue weighted by Gasteiger charge is 2.08. The van der Waals surface area contributed by atoms with Crippen LogP contribution in [0.2, 0.25) is 0 Å². The number of nitrogens with one attached hydrogen (secondary N) is 2. The summed E-state index contributed by atoms with van der Waals surface area (Å²) in [5.41, 5.74) is 17.7. The van der Waals surface area contributed by atoms with Crippen molar-refractivity contribution >= 4 is 11.5 Å². The first-order valence-electron chi connectivity index (χ1n) is 10.4. The van der Waals surface area contributed by atoms with Crippen LogP contribution in [0, 0.1) is 6.92 Å². The molecule has 0 saturated carbocycles. The molecule has 0 heterocycles. The van der Waals surface area contributed by atoms with Crippen LogP contribution in [0.3, 0.4) is 0 Å². The van der Waals surface area contributed by atoms with Crippen molar-refractivity contribution < 1.29 is 0 Å². The van der Waals surface area contributed by atoms with Crippen molar-refractivity contribution in [2.75, 3.05) is 19.6 Å². The van der Waals surface area contributed by atoms with E-state index in [-0.39, 0.29) is 0 Å². The summed E-state index contributed by atoms with van der Waals surface area (Å²) in [5.74, 6) is 0.868. The molecular weight excluding hydrogens is 370 g/mol. The summed E-state index contributed by atoms with van der Waals surface area (Å²) in [6.45, 7) is 14.2. The van der Waals surface area contributed by atoms with Crippen LogP contribution in [0.1, 0.15) is 38.3 Å². The minimum atomic E-state index is 0.486. The molecule has 0 unspecified atom stereocenters. The molecule has 0 aromatic heterocycles. The molecule has 1 aromatic carbocycles. The van der Waals surface area contributed by atoms with Gasteiger partial charge in [-0.2, -0.15) is 0 Å². The standard InChI is InChI=1S/C25H37N5/c1-6-8-22(18-26)14-17-30-25(24(27)23-11-9-19(3)10-12-23)20(4)13-16-29-21(5)28-15-7-2/h6,8-14,16,30H,4,7,15,17-18,26-27H2,1-3,5H3,(H,28,29)/b8-6-,16-13-,22-14+,25-24-. The van der Waals surface area contributed by atoms with E-state index in [4.69, 9.17) is 11.5 Å². The minimum Gasteiger partial charge on any atom is -0.397 e. The SMILES string of the molecule is C=C(/C=C\NC(C)=NCCC)/C(NC/C=C(\C=C/C)CN)=C(/N)c1ccc(C)cc1.